The average molecular weight is 1040 g/mol. The van der Waals surface area contributed by atoms with Gasteiger partial charge in [0.2, 0.25) is 18.4 Å². The van der Waals surface area contributed by atoms with Gasteiger partial charge in [-0.2, -0.15) is 18.2 Å². The van der Waals surface area contributed by atoms with E-state index in [2.05, 4.69) is 35.1 Å². The zero-order valence-electron chi connectivity index (χ0n) is 41.1. The van der Waals surface area contributed by atoms with E-state index in [1.165, 1.54) is 24.1 Å². The number of azide groups is 1. The van der Waals surface area contributed by atoms with Crippen molar-refractivity contribution in [3.05, 3.63) is 58.2 Å². The van der Waals surface area contributed by atoms with Crippen molar-refractivity contribution in [3.63, 3.8) is 0 Å². The van der Waals surface area contributed by atoms with E-state index in [1.54, 1.807) is 102 Å². The van der Waals surface area contributed by atoms with E-state index in [1.807, 2.05) is 6.20 Å². The quantitative estimate of drug-likeness (QED) is 0.0118. The zero-order valence-corrected chi connectivity index (χ0v) is 42.8. The first-order valence-electron chi connectivity index (χ1n) is 22.0. The van der Waals surface area contributed by atoms with E-state index >= 15 is 4.39 Å². The molecule has 1 aromatic carbocycles. The van der Waals surface area contributed by atoms with Gasteiger partial charge < -0.3 is 34.0 Å². The van der Waals surface area contributed by atoms with Gasteiger partial charge in [0.25, 0.3) is 17.9 Å². The Labute approximate surface area is 413 Å². The van der Waals surface area contributed by atoms with Crippen molar-refractivity contribution in [3.8, 4) is 16.9 Å². The van der Waals surface area contributed by atoms with E-state index in [0.717, 1.165) is 11.3 Å². The molecule has 0 radical (unpaired) electrons. The molecule has 25 nitrogen and oxygen atoms in total. The molecular weight excluding hydrogens is 978 g/mol. The summed E-state index contributed by atoms with van der Waals surface area (Å²) in [5.41, 5.74) is 3.46. The van der Waals surface area contributed by atoms with Crippen LogP contribution in [-0.2, 0) is 61.2 Å². The molecule has 3 aromatic rings. The maximum Gasteiger partial charge on any atom is 0.418 e. The largest absolute Gasteiger partial charge is 0.489 e. The average Bonchev–Trinajstić information content (AvgIpc) is 3.85. The number of rotatable bonds is 19. The second kappa shape index (κ2) is 21.4. The fourth-order valence-corrected chi connectivity index (χ4v) is 7.94. The van der Waals surface area contributed by atoms with Crippen molar-refractivity contribution in [1.29, 1.82) is 0 Å². The number of ether oxygens (including phenoxy) is 4. The number of nitrogens with zero attached hydrogens (tertiary/aromatic N) is 9. The second-order valence-electron chi connectivity index (χ2n) is 20.0. The lowest BCUT2D eigenvalue weighted by Crippen LogP contribution is -2.76. The zero-order chi connectivity index (χ0) is 52.9. The highest BCUT2D eigenvalue weighted by Gasteiger charge is 2.58. The fourth-order valence-electron chi connectivity index (χ4n) is 6.81. The summed E-state index contributed by atoms with van der Waals surface area (Å²) in [5.74, 6) is -2.84. The standard InChI is InChI=1S/C43H58FN11O14S2/c1-39(2,3)65-35(58)30(68-50-31(29-22-70-36(47-29)49-37(59)66-40(4,5)6)33(56)48-32-34(57)55(42(32,10)11)69-71(61,62)63)21-64-28-15-13-26(14-16-28)27-19-53(18-12-17-46-51-45)54(20-27)25-43(44)23-52(24-43)38(60)67-41(7,8)9/h13-16,19-20,22,30,32H,12,17-18,21,23-25H2,1-11H3,(H2-,47,48,49,56,59,61,62,63)/p+1/b50-31-/t30?,32-/m1/s1. The summed E-state index contributed by atoms with van der Waals surface area (Å²) in [6.07, 6.45) is 0.924. The minimum Gasteiger partial charge on any atom is -0.489 e. The number of benzene rings is 1. The Hall–Kier alpha value is -6.61. The van der Waals surface area contributed by atoms with Gasteiger partial charge in [-0.15, -0.1) is 20.3 Å². The van der Waals surface area contributed by atoms with Gasteiger partial charge in [0.05, 0.1) is 36.9 Å². The van der Waals surface area contributed by atoms with Crippen LogP contribution in [0.2, 0.25) is 0 Å². The molecule has 5 rings (SSSR count). The van der Waals surface area contributed by atoms with E-state index < -0.39 is 92.8 Å². The molecule has 388 valence electrons. The van der Waals surface area contributed by atoms with Crippen LogP contribution in [0.4, 0.5) is 19.1 Å². The van der Waals surface area contributed by atoms with Crippen LogP contribution in [-0.4, -0.2) is 135 Å². The molecule has 3 N–H and O–H groups in total. The fraction of sp³-hybridized carbons (Fsp3) is 0.581. The third-order valence-corrected chi connectivity index (χ3v) is 11.0. The lowest BCUT2D eigenvalue weighted by atomic mass is 9.84. The number of oxime groups is 1. The van der Waals surface area contributed by atoms with Gasteiger partial charge >= 0.3 is 28.6 Å². The third kappa shape index (κ3) is 15.7. The van der Waals surface area contributed by atoms with E-state index in [4.69, 9.17) is 29.3 Å². The van der Waals surface area contributed by atoms with Gasteiger partial charge in [-0.3, -0.25) is 19.5 Å². The summed E-state index contributed by atoms with van der Waals surface area (Å²) in [7, 11) is -5.11. The van der Waals surface area contributed by atoms with Crippen molar-refractivity contribution >= 4 is 62.5 Å². The SMILES string of the molecule is CC(C)(C)OC(=O)Nc1nc(/C(=N/OC(COc2ccc(-c3cn(CCCN=[N+]=[N-])[n+](CC4(F)CN(C(=O)OC(C)(C)C)C4)c3)cc2)C(=O)OC(C)(C)C)C(=O)N[C@@H]2C(=O)N(OS(=O)(=O)O)C2(C)C)cs1. The normalized spacial score (nSPS) is 17.2. The molecule has 2 aromatic heterocycles. The van der Waals surface area contributed by atoms with Crippen LogP contribution in [0.3, 0.4) is 0 Å². The highest BCUT2D eigenvalue weighted by atomic mass is 32.3. The molecule has 2 saturated heterocycles. The minimum absolute atomic E-state index is 0.0361. The molecule has 0 spiro atoms. The molecule has 4 heterocycles. The van der Waals surface area contributed by atoms with Crippen LogP contribution in [0.15, 0.2) is 52.3 Å². The van der Waals surface area contributed by atoms with Crippen LogP contribution in [0.5, 0.6) is 5.75 Å². The number of hydrogen-bond donors (Lipinski definition) is 3. The number of β-lactam (4-membered cyclic amide) rings is 1. The Balaban J connectivity index is 1.37. The Morgan fingerprint density at radius 3 is 2.23 bits per heavy atom. The van der Waals surface area contributed by atoms with Gasteiger partial charge in [-0.05, 0) is 106 Å². The number of carbonyl (C=O) groups is 5. The Morgan fingerprint density at radius 2 is 1.65 bits per heavy atom. The van der Waals surface area contributed by atoms with Crippen molar-refractivity contribution in [2.24, 2.45) is 10.3 Å². The highest BCUT2D eigenvalue weighted by Crippen LogP contribution is 2.33. The van der Waals surface area contributed by atoms with E-state index in [0.29, 0.717) is 29.2 Å². The Kier molecular flexibility index (Phi) is 16.7. The predicted molar refractivity (Wildman–Crippen MR) is 251 cm³/mol. The maximum atomic E-state index is 16.0. The summed E-state index contributed by atoms with van der Waals surface area (Å²) in [5, 5.41) is 14.1. The first-order valence-corrected chi connectivity index (χ1v) is 24.2. The molecule has 28 heteroatoms. The van der Waals surface area contributed by atoms with Crippen LogP contribution in [0, 0.1) is 0 Å². The lowest BCUT2D eigenvalue weighted by Gasteiger charge is -2.50. The molecule has 1 unspecified atom stereocenters. The number of aryl methyl sites for hydroxylation is 1. The third-order valence-electron chi connectivity index (χ3n) is 9.88. The number of likely N-dealkylation sites (tertiary alicyclic amines) is 1. The molecule has 0 saturated carbocycles. The summed E-state index contributed by atoms with van der Waals surface area (Å²) in [4.78, 5) is 79.5. The number of alkyl halides is 1. The van der Waals surface area contributed by atoms with Crippen molar-refractivity contribution in [1.82, 2.24) is 24.9 Å². The molecule has 0 bridgehead atoms. The minimum atomic E-state index is -5.11. The van der Waals surface area contributed by atoms with Gasteiger partial charge in [0.15, 0.2) is 10.8 Å². The molecule has 2 fully saturated rings. The molecule has 2 aliphatic rings. The summed E-state index contributed by atoms with van der Waals surface area (Å²) >= 11 is 0.869. The van der Waals surface area contributed by atoms with Gasteiger partial charge in [0.1, 0.15) is 40.9 Å². The summed E-state index contributed by atoms with van der Waals surface area (Å²) in [6.45, 7) is 17.3. The number of nitrogens with one attached hydrogen (secondary N) is 2. The molecular formula is C43H59FN11O14S2+. The molecule has 4 amide bonds. The second-order valence-corrected chi connectivity index (χ2v) is 21.9. The van der Waals surface area contributed by atoms with Crippen LogP contribution < -0.4 is 20.1 Å². The van der Waals surface area contributed by atoms with Crippen LogP contribution in [0.25, 0.3) is 21.6 Å². The number of halogens is 1. The van der Waals surface area contributed by atoms with E-state index in [9.17, 15) is 36.9 Å². The number of carbonyl (C=O) groups excluding carboxylic acids is 5. The number of hydrogen-bond acceptors (Lipinski definition) is 17. The first-order chi connectivity index (χ1) is 32.7. The summed E-state index contributed by atoms with van der Waals surface area (Å²) < 4.78 is 78.0. The summed E-state index contributed by atoms with van der Waals surface area (Å²) in [6, 6.07) is 5.22. The number of amides is 4. The maximum absolute atomic E-state index is 16.0. The highest BCUT2D eigenvalue weighted by molar-refractivity contribution is 7.80. The molecule has 0 aliphatic carbocycles. The van der Waals surface area contributed by atoms with Crippen LogP contribution in [0.1, 0.15) is 88.3 Å². The van der Waals surface area contributed by atoms with Gasteiger partial charge in [-0.1, -0.05) is 22.4 Å². The number of esters is 1. The van der Waals surface area contributed by atoms with Crippen LogP contribution >= 0.6 is 11.3 Å². The monoisotopic (exact) mass is 1040 g/mol. The van der Waals surface area contributed by atoms with E-state index in [-0.39, 0.29) is 42.8 Å². The molecule has 71 heavy (non-hydrogen) atoms. The molecule has 2 atom stereocenters. The van der Waals surface area contributed by atoms with Crippen molar-refractivity contribution in [2.45, 2.75) is 136 Å². The van der Waals surface area contributed by atoms with Gasteiger partial charge in [-0.25, -0.2) is 23.8 Å². The number of hydroxylamine groups is 2. The first kappa shape index (κ1) is 55.3. The van der Waals surface area contributed by atoms with Crippen molar-refractivity contribution < 1.29 is 74.1 Å². The predicted octanol–water partition coefficient (Wildman–Crippen LogP) is 5.26. The lowest BCUT2D eigenvalue weighted by molar-refractivity contribution is -0.785. The Bertz CT molecular complexity index is 2660. The molecule has 2 aliphatic heterocycles. The smallest absolute Gasteiger partial charge is 0.418 e. The number of aromatic nitrogens is 3. The Morgan fingerprint density at radius 1 is 1.01 bits per heavy atom. The number of thiazole rings is 1. The number of anilines is 1. The van der Waals surface area contributed by atoms with Crippen molar-refractivity contribution in [2.75, 3.05) is 31.6 Å². The topological polar surface area (TPSA) is 308 Å². The van der Waals surface area contributed by atoms with Gasteiger partial charge in [0, 0.05) is 16.8 Å².